The highest BCUT2D eigenvalue weighted by Gasteiger charge is 2.17. The number of hydrogen-bond donors (Lipinski definition) is 2. The van der Waals surface area contributed by atoms with Crippen molar-refractivity contribution in [1.29, 1.82) is 0 Å². The first-order chi connectivity index (χ1) is 12.6. The molecular formula is C19H23FN4O2. The van der Waals surface area contributed by atoms with Crippen molar-refractivity contribution in [1.82, 2.24) is 15.3 Å². The summed E-state index contributed by atoms with van der Waals surface area (Å²) in [5.41, 5.74) is 2.06. The maximum Gasteiger partial charge on any atom is 0.270 e. The number of carbonyl (C=O) groups excluding carboxylic acids is 1. The van der Waals surface area contributed by atoms with E-state index >= 15 is 0 Å². The number of hydrogen-bond acceptors (Lipinski definition) is 5. The summed E-state index contributed by atoms with van der Waals surface area (Å²) in [6.45, 7) is 3.67. The van der Waals surface area contributed by atoms with Gasteiger partial charge < -0.3 is 15.4 Å². The van der Waals surface area contributed by atoms with E-state index in [2.05, 4.69) is 20.6 Å². The van der Waals surface area contributed by atoms with Crippen LogP contribution < -0.4 is 10.6 Å². The smallest absolute Gasteiger partial charge is 0.270 e. The number of aromatic nitrogens is 2. The van der Waals surface area contributed by atoms with Crippen LogP contribution in [0.5, 0.6) is 0 Å². The van der Waals surface area contributed by atoms with E-state index in [0.717, 1.165) is 25.0 Å². The lowest BCUT2D eigenvalue weighted by Crippen LogP contribution is -2.32. The summed E-state index contributed by atoms with van der Waals surface area (Å²) in [6.07, 6.45) is 2.81. The highest BCUT2D eigenvalue weighted by Crippen LogP contribution is 2.11. The molecule has 7 heteroatoms. The lowest BCUT2D eigenvalue weighted by molar-refractivity contribution is 0.0853. The number of ether oxygens (including phenoxy) is 1. The Hall–Kier alpha value is -2.54. The van der Waals surface area contributed by atoms with E-state index in [1.54, 1.807) is 18.2 Å². The summed E-state index contributed by atoms with van der Waals surface area (Å²) in [5, 5.41) is 5.99. The largest absolute Gasteiger partial charge is 0.376 e. The van der Waals surface area contributed by atoms with E-state index in [-0.39, 0.29) is 17.8 Å². The zero-order chi connectivity index (χ0) is 18.4. The highest BCUT2D eigenvalue weighted by atomic mass is 19.1. The Bertz CT molecular complexity index is 746. The Kier molecular flexibility index (Phi) is 6.12. The van der Waals surface area contributed by atoms with Crippen LogP contribution in [0.25, 0.3) is 0 Å². The number of benzene rings is 1. The van der Waals surface area contributed by atoms with Gasteiger partial charge in [0, 0.05) is 25.4 Å². The number of nitrogens with one attached hydrogen (secondary N) is 2. The number of carbonyl (C=O) groups is 1. The lowest BCUT2D eigenvalue weighted by Gasteiger charge is -2.11. The van der Waals surface area contributed by atoms with Crippen molar-refractivity contribution in [2.24, 2.45) is 0 Å². The fourth-order valence-corrected chi connectivity index (χ4v) is 2.84. The molecule has 0 radical (unpaired) electrons. The fraction of sp³-hybridized carbons (Fsp3) is 0.421. The van der Waals surface area contributed by atoms with Gasteiger partial charge in [0.05, 0.1) is 6.10 Å². The molecule has 0 bridgehead atoms. The first-order valence-electron chi connectivity index (χ1n) is 8.84. The molecule has 2 heterocycles. The van der Waals surface area contributed by atoms with Crippen LogP contribution in [-0.2, 0) is 11.2 Å². The third-order valence-corrected chi connectivity index (χ3v) is 4.21. The second-order valence-corrected chi connectivity index (χ2v) is 6.37. The van der Waals surface area contributed by atoms with Gasteiger partial charge in [-0.15, -0.1) is 0 Å². The Labute approximate surface area is 152 Å². The van der Waals surface area contributed by atoms with Crippen LogP contribution >= 0.6 is 0 Å². The third-order valence-electron chi connectivity index (χ3n) is 4.21. The minimum Gasteiger partial charge on any atom is -0.376 e. The molecule has 0 spiro atoms. The van der Waals surface area contributed by atoms with Gasteiger partial charge >= 0.3 is 0 Å². The summed E-state index contributed by atoms with van der Waals surface area (Å²) in [4.78, 5) is 20.9. The van der Waals surface area contributed by atoms with Crippen LogP contribution in [0.3, 0.4) is 0 Å². The Balaban J connectivity index is 1.54. The molecule has 1 aliphatic rings. The molecule has 0 aliphatic carbocycles. The quantitative estimate of drug-likeness (QED) is 0.795. The second-order valence-electron chi connectivity index (χ2n) is 6.37. The van der Waals surface area contributed by atoms with Gasteiger partial charge in [0.2, 0.25) is 5.95 Å². The van der Waals surface area contributed by atoms with Crippen molar-refractivity contribution in [3.8, 4) is 0 Å². The predicted molar refractivity (Wildman–Crippen MR) is 96.7 cm³/mol. The SMILES string of the molecule is Cc1cc(C(=O)NCC2CCCO2)nc(NCCc2ccc(F)cc2)n1. The van der Waals surface area contributed by atoms with Crippen molar-refractivity contribution in [3.63, 3.8) is 0 Å². The second kappa shape index (κ2) is 8.71. The molecule has 1 aliphatic heterocycles. The molecule has 138 valence electrons. The minimum absolute atomic E-state index is 0.0928. The number of rotatable bonds is 7. The average Bonchev–Trinajstić information content (AvgIpc) is 3.14. The van der Waals surface area contributed by atoms with E-state index in [9.17, 15) is 9.18 Å². The maximum atomic E-state index is 12.9. The van der Waals surface area contributed by atoms with E-state index < -0.39 is 0 Å². The molecule has 1 atom stereocenters. The third kappa shape index (κ3) is 5.23. The van der Waals surface area contributed by atoms with Crippen molar-refractivity contribution in [2.75, 3.05) is 25.0 Å². The predicted octanol–water partition coefficient (Wildman–Crippen LogP) is 2.49. The topological polar surface area (TPSA) is 76.1 Å². The molecule has 1 unspecified atom stereocenters. The van der Waals surface area contributed by atoms with E-state index in [0.29, 0.717) is 36.8 Å². The van der Waals surface area contributed by atoms with Crippen LogP contribution in [0.2, 0.25) is 0 Å². The van der Waals surface area contributed by atoms with Crippen LogP contribution in [-0.4, -0.2) is 41.7 Å². The Morgan fingerprint density at radius 3 is 2.85 bits per heavy atom. The lowest BCUT2D eigenvalue weighted by atomic mass is 10.1. The number of amides is 1. The minimum atomic E-state index is -0.248. The number of aryl methyl sites for hydroxylation is 1. The van der Waals surface area contributed by atoms with Crippen LogP contribution in [0.4, 0.5) is 10.3 Å². The summed E-state index contributed by atoms with van der Waals surface area (Å²) < 4.78 is 18.4. The van der Waals surface area contributed by atoms with Gasteiger partial charge in [-0.2, -0.15) is 0 Å². The van der Waals surface area contributed by atoms with Crippen LogP contribution in [0.15, 0.2) is 30.3 Å². The Morgan fingerprint density at radius 2 is 2.12 bits per heavy atom. The van der Waals surface area contributed by atoms with E-state index in [1.807, 2.05) is 6.92 Å². The zero-order valence-corrected chi connectivity index (χ0v) is 14.8. The number of anilines is 1. The van der Waals surface area contributed by atoms with Gasteiger partial charge in [-0.25, -0.2) is 14.4 Å². The fourth-order valence-electron chi connectivity index (χ4n) is 2.84. The van der Waals surface area contributed by atoms with Crippen molar-refractivity contribution in [2.45, 2.75) is 32.3 Å². The monoisotopic (exact) mass is 358 g/mol. The van der Waals surface area contributed by atoms with Crippen LogP contribution in [0.1, 0.15) is 34.6 Å². The first-order valence-corrected chi connectivity index (χ1v) is 8.84. The average molecular weight is 358 g/mol. The van der Waals surface area contributed by atoms with Gasteiger partial charge in [0.25, 0.3) is 5.91 Å². The molecular weight excluding hydrogens is 335 g/mol. The summed E-state index contributed by atoms with van der Waals surface area (Å²) in [6, 6.07) is 8.04. The van der Waals surface area contributed by atoms with Gasteiger partial charge in [0.15, 0.2) is 0 Å². The maximum absolute atomic E-state index is 12.9. The molecule has 1 aromatic carbocycles. The Morgan fingerprint density at radius 1 is 1.31 bits per heavy atom. The molecule has 0 saturated carbocycles. The first kappa shape index (κ1) is 18.3. The molecule has 26 heavy (non-hydrogen) atoms. The molecule has 2 N–H and O–H groups in total. The molecule has 6 nitrogen and oxygen atoms in total. The van der Waals surface area contributed by atoms with E-state index in [1.165, 1.54) is 12.1 Å². The van der Waals surface area contributed by atoms with Crippen molar-refractivity contribution in [3.05, 3.63) is 53.1 Å². The molecule has 1 aromatic heterocycles. The molecule has 3 rings (SSSR count). The molecule has 1 saturated heterocycles. The normalized spacial score (nSPS) is 16.5. The number of nitrogens with zero attached hydrogens (tertiary/aromatic N) is 2. The van der Waals surface area contributed by atoms with Gasteiger partial charge in [-0.05, 0) is 49.9 Å². The van der Waals surface area contributed by atoms with E-state index in [4.69, 9.17) is 4.74 Å². The van der Waals surface area contributed by atoms with Crippen molar-refractivity contribution >= 4 is 11.9 Å². The summed E-state index contributed by atoms with van der Waals surface area (Å²) in [5.74, 6) is -0.0654. The summed E-state index contributed by atoms with van der Waals surface area (Å²) in [7, 11) is 0. The zero-order valence-electron chi connectivity index (χ0n) is 14.8. The summed E-state index contributed by atoms with van der Waals surface area (Å²) >= 11 is 0. The van der Waals surface area contributed by atoms with Gasteiger partial charge in [0.1, 0.15) is 11.5 Å². The van der Waals surface area contributed by atoms with Gasteiger partial charge in [-0.1, -0.05) is 12.1 Å². The molecule has 1 amide bonds. The standard InChI is InChI=1S/C19H23FN4O2/c1-13-11-17(18(25)22-12-16-3-2-10-26-16)24-19(23-13)21-9-8-14-4-6-15(20)7-5-14/h4-7,11,16H,2-3,8-10,12H2,1H3,(H,22,25)(H,21,23,24). The number of halogens is 1. The van der Waals surface area contributed by atoms with Crippen LogP contribution in [0, 0.1) is 12.7 Å². The molecule has 1 fully saturated rings. The van der Waals surface area contributed by atoms with Gasteiger partial charge in [-0.3, -0.25) is 4.79 Å². The molecule has 2 aromatic rings. The highest BCUT2D eigenvalue weighted by molar-refractivity contribution is 5.92. The van der Waals surface area contributed by atoms with Crippen molar-refractivity contribution < 1.29 is 13.9 Å².